The molecule has 1 unspecified atom stereocenters. The van der Waals surface area contributed by atoms with Crippen molar-refractivity contribution >= 4 is 11.8 Å². The predicted molar refractivity (Wildman–Crippen MR) is 116 cm³/mol. The lowest BCUT2D eigenvalue weighted by Gasteiger charge is -2.62. The molecule has 1 saturated heterocycles. The van der Waals surface area contributed by atoms with Gasteiger partial charge in [-0.15, -0.1) is 0 Å². The minimum absolute atomic E-state index is 0.0812. The SMILES string of the molecule is CC(=O)O[C@]1(C)CC[C@H]2C(C)(C)CCC[C@]2(C)[C@H]1CCC(=O)COC1CCCCO1. The van der Waals surface area contributed by atoms with Gasteiger partial charge in [-0.2, -0.15) is 0 Å². The van der Waals surface area contributed by atoms with Crippen LogP contribution in [0.3, 0.4) is 0 Å². The summed E-state index contributed by atoms with van der Waals surface area (Å²) in [5.41, 5.74) is -0.135. The zero-order chi connectivity index (χ0) is 22.0. The van der Waals surface area contributed by atoms with E-state index in [1.165, 1.54) is 19.8 Å². The predicted octanol–water partition coefficient (Wildman–Crippen LogP) is 5.44. The van der Waals surface area contributed by atoms with Crippen molar-refractivity contribution in [2.24, 2.45) is 22.7 Å². The second-order valence-electron chi connectivity index (χ2n) is 11.1. The number of hydrogen-bond acceptors (Lipinski definition) is 5. The summed E-state index contributed by atoms with van der Waals surface area (Å²) < 4.78 is 17.2. The lowest BCUT2D eigenvalue weighted by atomic mass is 9.45. The maximum atomic E-state index is 12.7. The molecule has 2 aliphatic carbocycles. The van der Waals surface area contributed by atoms with Crippen molar-refractivity contribution < 1.29 is 23.8 Å². The van der Waals surface area contributed by atoms with Crippen LogP contribution < -0.4 is 0 Å². The summed E-state index contributed by atoms with van der Waals surface area (Å²) in [7, 11) is 0. The van der Waals surface area contributed by atoms with E-state index in [1.54, 1.807) is 0 Å². The Kier molecular flexibility index (Phi) is 7.33. The van der Waals surface area contributed by atoms with Gasteiger partial charge in [-0.3, -0.25) is 9.59 Å². The fraction of sp³-hybridized carbons (Fsp3) is 0.920. The Morgan fingerprint density at radius 3 is 2.43 bits per heavy atom. The van der Waals surface area contributed by atoms with E-state index in [-0.39, 0.29) is 41.4 Å². The van der Waals surface area contributed by atoms with Gasteiger partial charge in [0, 0.05) is 25.9 Å². The monoisotopic (exact) mass is 422 g/mol. The molecule has 0 spiro atoms. The normalized spacial score (nSPS) is 38.5. The first-order chi connectivity index (χ1) is 14.1. The van der Waals surface area contributed by atoms with Crippen LogP contribution in [-0.4, -0.2) is 36.9 Å². The number of hydrogen-bond donors (Lipinski definition) is 0. The van der Waals surface area contributed by atoms with E-state index in [1.807, 2.05) is 0 Å². The molecule has 0 radical (unpaired) electrons. The first-order valence-corrected chi connectivity index (χ1v) is 12.0. The molecule has 3 fully saturated rings. The van der Waals surface area contributed by atoms with Crippen molar-refractivity contribution in [3.05, 3.63) is 0 Å². The Balaban J connectivity index is 1.69. The van der Waals surface area contributed by atoms with Crippen molar-refractivity contribution in [2.75, 3.05) is 13.2 Å². The molecule has 0 aromatic rings. The maximum absolute atomic E-state index is 12.7. The highest BCUT2D eigenvalue weighted by molar-refractivity contribution is 5.79. The first-order valence-electron chi connectivity index (χ1n) is 12.0. The molecule has 172 valence electrons. The van der Waals surface area contributed by atoms with Gasteiger partial charge in [0.15, 0.2) is 12.1 Å². The molecule has 1 aliphatic heterocycles. The number of Topliss-reactive ketones (excluding diaryl/α,β-unsaturated/α-hetero) is 1. The molecular formula is C25H42O5. The zero-order valence-electron chi connectivity index (χ0n) is 19.8. The number of ketones is 1. The highest BCUT2D eigenvalue weighted by Crippen LogP contribution is 2.63. The van der Waals surface area contributed by atoms with E-state index in [4.69, 9.17) is 14.2 Å². The summed E-state index contributed by atoms with van der Waals surface area (Å²) in [4.78, 5) is 24.6. The van der Waals surface area contributed by atoms with Gasteiger partial charge in [0.2, 0.25) is 0 Å². The fourth-order valence-corrected chi connectivity index (χ4v) is 7.10. The number of esters is 1. The van der Waals surface area contributed by atoms with Crippen LogP contribution in [0.4, 0.5) is 0 Å². The average Bonchev–Trinajstić information content (AvgIpc) is 2.65. The number of carbonyl (C=O) groups excluding carboxylic acids is 2. The Morgan fingerprint density at radius 1 is 1.00 bits per heavy atom. The molecule has 3 rings (SSSR count). The van der Waals surface area contributed by atoms with Gasteiger partial charge in [-0.1, -0.05) is 27.2 Å². The van der Waals surface area contributed by atoms with Gasteiger partial charge in [0.25, 0.3) is 0 Å². The zero-order valence-corrected chi connectivity index (χ0v) is 19.8. The minimum atomic E-state index is -0.502. The molecule has 2 saturated carbocycles. The number of ether oxygens (including phenoxy) is 3. The molecule has 0 amide bonds. The van der Waals surface area contributed by atoms with E-state index in [0.29, 0.717) is 12.3 Å². The molecular weight excluding hydrogens is 380 g/mol. The van der Waals surface area contributed by atoms with Gasteiger partial charge < -0.3 is 14.2 Å². The Morgan fingerprint density at radius 2 is 1.77 bits per heavy atom. The third kappa shape index (κ3) is 5.09. The van der Waals surface area contributed by atoms with Crippen LogP contribution in [0.5, 0.6) is 0 Å². The molecule has 5 nitrogen and oxygen atoms in total. The van der Waals surface area contributed by atoms with E-state index in [9.17, 15) is 9.59 Å². The second kappa shape index (κ2) is 9.28. The van der Waals surface area contributed by atoms with Crippen LogP contribution in [0.1, 0.15) is 98.8 Å². The second-order valence-corrected chi connectivity index (χ2v) is 11.1. The van der Waals surface area contributed by atoms with Crippen molar-refractivity contribution in [3.8, 4) is 0 Å². The molecule has 30 heavy (non-hydrogen) atoms. The highest BCUT2D eigenvalue weighted by Gasteiger charge is 2.59. The Hall–Kier alpha value is -0.940. The average molecular weight is 423 g/mol. The van der Waals surface area contributed by atoms with Gasteiger partial charge in [-0.05, 0) is 75.0 Å². The lowest BCUT2D eigenvalue weighted by molar-refractivity contribution is -0.199. The van der Waals surface area contributed by atoms with Gasteiger partial charge >= 0.3 is 5.97 Å². The van der Waals surface area contributed by atoms with Crippen LogP contribution in [0, 0.1) is 22.7 Å². The van der Waals surface area contributed by atoms with Crippen LogP contribution in [0.25, 0.3) is 0 Å². The Bertz CT molecular complexity index is 623. The van der Waals surface area contributed by atoms with Gasteiger partial charge in [0.1, 0.15) is 12.2 Å². The lowest BCUT2D eigenvalue weighted by Crippen LogP contribution is -2.58. The number of carbonyl (C=O) groups is 2. The quantitative estimate of drug-likeness (QED) is 0.511. The molecule has 0 aromatic carbocycles. The summed E-state index contributed by atoms with van der Waals surface area (Å²) in [6.45, 7) is 11.6. The van der Waals surface area contributed by atoms with Crippen molar-refractivity contribution in [2.45, 2.75) is 111 Å². The smallest absolute Gasteiger partial charge is 0.303 e. The minimum Gasteiger partial charge on any atom is -0.459 e. The van der Waals surface area contributed by atoms with Gasteiger partial charge in [0.05, 0.1) is 0 Å². The molecule has 1 heterocycles. The van der Waals surface area contributed by atoms with E-state index < -0.39 is 5.60 Å². The van der Waals surface area contributed by atoms with E-state index in [0.717, 1.165) is 51.6 Å². The van der Waals surface area contributed by atoms with Crippen LogP contribution in [0.2, 0.25) is 0 Å². The fourth-order valence-electron chi connectivity index (χ4n) is 7.10. The largest absolute Gasteiger partial charge is 0.459 e. The third-order valence-electron chi connectivity index (χ3n) is 8.40. The molecule has 0 N–H and O–H groups in total. The van der Waals surface area contributed by atoms with Crippen molar-refractivity contribution in [1.82, 2.24) is 0 Å². The standard InChI is InChI=1S/C25H42O5/c1-18(26)30-25(5)15-12-20-23(2,3)13-8-14-24(20,4)21(25)11-10-19(27)17-29-22-9-6-7-16-28-22/h20-22H,6-17H2,1-5H3/t20-,21+,22?,24-,25+/m0/s1. The van der Waals surface area contributed by atoms with Crippen LogP contribution in [0.15, 0.2) is 0 Å². The number of rotatable bonds is 7. The molecule has 0 aromatic heterocycles. The van der Waals surface area contributed by atoms with Crippen LogP contribution in [-0.2, 0) is 23.8 Å². The third-order valence-corrected chi connectivity index (χ3v) is 8.40. The summed E-state index contributed by atoms with van der Waals surface area (Å²) >= 11 is 0. The van der Waals surface area contributed by atoms with E-state index in [2.05, 4.69) is 27.7 Å². The summed E-state index contributed by atoms with van der Waals surface area (Å²) in [6, 6.07) is 0. The molecule has 5 heteroatoms. The van der Waals surface area contributed by atoms with Crippen LogP contribution >= 0.6 is 0 Å². The maximum Gasteiger partial charge on any atom is 0.303 e. The van der Waals surface area contributed by atoms with Gasteiger partial charge in [-0.25, -0.2) is 0 Å². The molecule has 5 atom stereocenters. The highest BCUT2D eigenvalue weighted by atomic mass is 16.7. The molecule has 3 aliphatic rings. The van der Waals surface area contributed by atoms with E-state index >= 15 is 0 Å². The number of fused-ring (bicyclic) bond motifs is 1. The summed E-state index contributed by atoms with van der Waals surface area (Å²) in [6.07, 6.45) is 9.57. The summed E-state index contributed by atoms with van der Waals surface area (Å²) in [5.74, 6) is 0.676. The Labute approximate surface area is 182 Å². The van der Waals surface area contributed by atoms with Crippen molar-refractivity contribution in [1.29, 1.82) is 0 Å². The summed E-state index contributed by atoms with van der Waals surface area (Å²) in [5, 5.41) is 0. The van der Waals surface area contributed by atoms with Crippen molar-refractivity contribution in [3.63, 3.8) is 0 Å². The topological polar surface area (TPSA) is 61.8 Å². The molecule has 0 bridgehead atoms. The first kappa shape index (κ1) is 23.7.